The van der Waals surface area contributed by atoms with Crippen molar-refractivity contribution in [3.05, 3.63) is 38.9 Å². The number of anilines is 1. The minimum absolute atomic E-state index is 0.0365. The van der Waals surface area contributed by atoms with Crippen molar-refractivity contribution in [2.75, 3.05) is 12.4 Å². The highest BCUT2D eigenvalue weighted by Crippen LogP contribution is 2.28. The van der Waals surface area contributed by atoms with E-state index >= 15 is 0 Å². The van der Waals surface area contributed by atoms with Gasteiger partial charge in [0.2, 0.25) is 5.95 Å². The molecule has 0 bridgehead atoms. The van der Waals surface area contributed by atoms with Gasteiger partial charge >= 0.3 is 6.01 Å². The van der Waals surface area contributed by atoms with Gasteiger partial charge in [0.05, 0.1) is 17.6 Å². The summed E-state index contributed by atoms with van der Waals surface area (Å²) < 4.78 is 4.74. The first kappa shape index (κ1) is 13.7. The number of aromatic amines is 1. The van der Waals surface area contributed by atoms with E-state index in [1.807, 2.05) is 0 Å². The van der Waals surface area contributed by atoms with E-state index in [4.69, 9.17) is 16.3 Å². The number of nitro benzene ring substituents is 1. The summed E-state index contributed by atoms with van der Waals surface area (Å²) in [7, 11) is 1.37. The van der Waals surface area contributed by atoms with Crippen LogP contribution in [0.2, 0.25) is 5.02 Å². The van der Waals surface area contributed by atoms with Crippen LogP contribution in [0.3, 0.4) is 0 Å². The SMILES string of the molecule is COc1n[nH]c(NC(=O)c2cccc([N+](=O)[O-])c2Cl)n1. The van der Waals surface area contributed by atoms with Gasteiger partial charge in [0.1, 0.15) is 5.02 Å². The van der Waals surface area contributed by atoms with Crippen molar-refractivity contribution >= 4 is 29.1 Å². The summed E-state index contributed by atoms with van der Waals surface area (Å²) in [6.45, 7) is 0. The predicted molar refractivity (Wildman–Crippen MR) is 69.0 cm³/mol. The van der Waals surface area contributed by atoms with Crippen molar-refractivity contribution in [1.82, 2.24) is 15.2 Å². The Kier molecular flexibility index (Phi) is 3.80. The number of H-pyrrole nitrogens is 1. The van der Waals surface area contributed by atoms with Crippen molar-refractivity contribution in [3.63, 3.8) is 0 Å². The van der Waals surface area contributed by atoms with Gasteiger partial charge in [-0.2, -0.15) is 4.98 Å². The molecule has 1 amide bonds. The van der Waals surface area contributed by atoms with Crippen molar-refractivity contribution in [3.8, 4) is 6.01 Å². The minimum Gasteiger partial charge on any atom is -0.466 e. The Bertz CT molecular complexity index is 671. The van der Waals surface area contributed by atoms with Crippen molar-refractivity contribution in [2.45, 2.75) is 0 Å². The number of rotatable bonds is 4. The lowest BCUT2D eigenvalue weighted by Crippen LogP contribution is -2.14. The molecule has 1 aromatic heterocycles. The fourth-order valence-corrected chi connectivity index (χ4v) is 1.69. The van der Waals surface area contributed by atoms with Gasteiger partial charge in [-0.25, -0.2) is 5.10 Å². The monoisotopic (exact) mass is 297 g/mol. The van der Waals surface area contributed by atoms with Gasteiger partial charge in [0, 0.05) is 6.07 Å². The Labute approximate surface area is 117 Å². The van der Waals surface area contributed by atoms with E-state index in [1.165, 1.54) is 25.3 Å². The largest absolute Gasteiger partial charge is 0.466 e. The van der Waals surface area contributed by atoms with Crippen LogP contribution >= 0.6 is 11.6 Å². The number of carbonyl (C=O) groups excluding carboxylic acids is 1. The lowest BCUT2D eigenvalue weighted by molar-refractivity contribution is -0.384. The number of amides is 1. The van der Waals surface area contributed by atoms with Gasteiger partial charge in [0.15, 0.2) is 0 Å². The number of aromatic nitrogens is 3. The zero-order chi connectivity index (χ0) is 14.7. The van der Waals surface area contributed by atoms with Crippen LogP contribution < -0.4 is 10.1 Å². The number of carbonyl (C=O) groups is 1. The highest BCUT2D eigenvalue weighted by atomic mass is 35.5. The molecule has 2 aromatic rings. The second-order valence-electron chi connectivity index (χ2n) is 3.52. The molecular weight excluding hydrogens is 290 g/mol. The van der Waals surface area contributed by atoms with E-state index in [0.717, 1.165) is 0 Å². The van der Waals surface area contributed by atoms with Crippen LogP contribution in [-0.2, 0) is 0 Å². The molecule has 1 heterocycles. The number of ether oxygens (including phenoxy) is 1. The van der Waals surface area contributed by atoms with Crippen molar-refractivity contribution in [2.24, 2.45) is 0 Å². The molecule has 0 fully saturated rings. The van der Waals surface area contributed by atoms with E-state index < -0.39 is 10.8 Å². The summed E-state index contributed by atoms with van der Waals surface area (Å²) in [5.41, 5.74) is -0.397. The molecule has 2 rings (SSSR count). The van der Waals surface area contributed by atoms with Crippen LogP contribution in [-0.4, -0.2) is 33.1 Å². The number of benzene rings is 1. The van der Waals surface area contributed by atoms with E-state index in [0.29, 0.717) is 0 Å². The number of hydrogen-bond acceptors (Lipinski definition) is 6. The minimum atomic E-state index is -0.670. The standard InChI is InChI=1S/C10H8ClN5O4/c1-20-10-13-9(14-15-10)12-8(17)5-3-2-4-6(7(5)11)16(18)19/h2-4H,1H3,(H2,12,13,14,15,17). The first-order valence-corrected chi connectivity index (χ1v) is 5.61. The molecule has 0 unspecified atom stereocenters. The average Bonchev–Trinajstić information content (AvgIpc) is 2.86. The fourth-order valence-electron chi connectivity index (χ4n) is 1.40. The number of hydrogen-bond donors (Lipinski definition) is 2. The van der Waals surface area contributed by atoms with E-state index in [1.54, 1.807) is 0 Å². The molecule has 20 heavy (non-hydrogen) atoms. The second kappa shape index (κ2) is 5.53. The first-order valence-electron chi connectivity index (χ1n) is 5.23. The molecule has 2 N–H and O–H groups in total. The van der Waals surface area contributed by atoms with Gasteiger partial charge in [-0.1, -0.05) is 17.7 Å². The second-order valence-corrected chi connectivity index (χ2v) is 3.90. The van der Waals surface area contributed by atoms with Crippen LogP contribution in [0.4, 0.5) is 11.6 Å². The molecule has 0 spiro atoms. The molecular formula is C10H8ClN5O4. The van der Waals surface area contributed by atoms with Crippen molar-refractivity contribution < 1.29 is 14.5 Å². The van der Waals surface area contributed by atoms with Crippen LogP contribution in [0.1, 0.15) is 10.4 Å². The lowest BCUT2D eigenvalue weighted by atomic mass is 10.2. The maximum absolute atomic E-state index is 12.0. The first-order chi connectivity index (χ1) is 9.52. The quantitative estimate of drug-likeness (QED) is 0.653. The fraction of sp³-hybridized carbons (Fsp3) is 0.100. The van der Waals surface area contributed by atoms with E-state index in [2.05, 4.69) is 20.5 Å². The van der Waals surface area contributed by atoms with Crippen LogP contribution in [0.25, 0.3) is 0 Å². The molecule has 0 saturated carbocycles. The Morgan fingerprint density at radius 2 is 2.30 bits per heavy atom. The summed E-state index contributed by atoms with van der Waals surface area (Å²) in [4.78, 5) is 25.8. The van der Waals surface area contributed by atoms with Crippen LogP contribution in [0.15, 0.2) is 18.2 Å². The smallest absolute Gasteiger partial charge is 0.336 e. The molecule has 0 atom stereocenters. The van der Waals surface area contributed by atoms with Crippen LogP contribution in [0.5, 0.6) is 6.01 Å². The van der Waals surface area contributed by atoms with Gasteiger partial charge in [-0.05, 0) is 6.07 Å². The number of nitrogens with zero attached hydrogens (tertiary/aromatic N) is 3. The summed E-state index contributed by atoms with van der Waals surface area (Å²) in [6, 6.07) is 3.97. The third-order valence-corrected chi connectivity index (χ3v) is 2.70. The Morgan fingerprint density at radius 1 is 1.55 bits per heavy atom. The van der Waals surface area contributed by atoms with Gasteiger partial charge < -0.3 is 4.74 Å². The molecule has 0 aliphatic carbocycles. The molecule has 0 saturated heterocycles. The number of methoxy groups -OCH3 is 1. The Morgan fingerprint density at radius 3 is 2.90 bits per heavy atom. The lowest BCUT2D eigenvalue weighted by Gasteiger charge is -2.03. The zero-order valence-electron chi connectivity index (χ0n) is 10.1. The highest BCUT2D eigenvalue weighted by molar-refractivity contribution is 6.36. The molecule has 0 radical (unpaired) electrons. The molecule has 0 aliphatic rings. The molecule has 0 aliphatic heterocycles. The number of halogens is 1. The zero-order valence-corrected chi connectivity index (χ0v) is 10.8. The summed E-state index contributed by atoms with van der Waals surface area (Å²) in [6.07, 6.45) is 0. The van der Waals surface area contributed by atoms with E-state index in [-0.39, 0.29) is 28.2 Å². The van der Waals surface area contributed by atoms with Gasteiger partial charge in [-0.15, -0.1) is 5.10 Å². The summed E-state index contributed by atoms with van der Waals surface area (Å²) in [5.74, 6) is -0.619. The summed E-state index contributed by atoms with van der Waals surface area (Å²) >= 11 is 5.82. The Hall–Kier alpha value is -2.68. The van der Waals surface area contributed by atoms with Gasteiger partial charge in [-0.3, -0.25) is 20.2 Å². The third kappa shape index (κ3) is 2.67. The molecule has 104 valence electrons. The summed E-state index contributed by atoms with van der Waals surface area (Å²) in [5, 5.41) is 18.9. The number of nitro groups is 1. The van der Waals surface area contributed by atoms with Crippen molar-refractivity contribution in [1.29, 1.82) is 0 Å². The Balaban J connectivity index is 2.25. The average molecular weight is 298 g/mol. The van der Waals surface area contributed by atoms with Gasteiger partial charge in [0.25, 0.3) is 11.6 Å². The van der Waals surface area contributed by atoms with Crippen LogP contribution in [0, 0.1) is 10.1 Å². The molecule has 10 heteroatoms. The maximum Gasteiger partial charge on any atom is 0.336 e. The molecule has 9 nitrogen and oxygen atoms in total. The third-order valence-electron chi connectivity index (χ3n) is 2.30. The molecule has 1 aromatic carbocycles. The normalized spacial score (nSPS) is 10.1. The number of nitrogens with one attached hydrogen (secondary N) is 2. The topological polar surface area (TPSA) is 123 Å². The predicted octanol–water partition coefficient (Wildman–Crippen LogP) is 1.63. The highest BCUT2D eigenvalue weighted by Gasteiger charge is 2.20. The van der Waals surface area contributed by atoms with E-state index in [9.17, 15) is 14.9 Å². The maximum atomic E-state index is 12.0.